The van der Waals surface area contributed by atoms with Gasteiger partial charge in [-0.25, -0.2) is 0 Å². The molecule has 1 heterocycles. The van der Waals surface area contributed by atoms with E-state index in [4.69, 9.17) is 0 Å². The predicted molar refractivity (Wildman–Crippen MR) is 99.2 cm³/mol. The van der Waals surface area contributed by atoms with Crippen molar-refractivity contribution in [1.82, 2.24) is 10.2 Å². The van der Waals surface area contributed by atoms with Crippen LogP contribution in [0, 0.1) is 5.92 Å². The summed E-state index contributed by atoms with van der Waals surface area (Å²) in [6.45, 7) is 5.16. The molecule has 1 aliphatic rings. The number of likely N-dealkylation sites (tertiary alicyclic amines) is 1. The minimum absolute atomic E-state index is 0.0135. The first kappa shape index (κ1) is 17.5. The molecule has 1 aliphatic heterocycles. The third-order valence-electron chi connectivity index (χ3n) is 4.93. The van der Waals surface area contributed by atoms with Gasteiger partial charge in [-0.1, -0.05) is 42.5 Å². The lowest BCUT2D eigenvalue weighted by molar-refractivity contribution is -0.121. The highest BCUT2D eigenvalue weighted by molar-refractivity contribution is 5.79. The summed E-state index contributed by atoms with van der Waals surface area (Å²) < 4.78 is 0. The Labute approximate surface area is 149 Å². The molecule has 1 amide bonds. The van der Waals surface area contributed by atoms with Crippen LogP contribution in [0.25, 0.3) is 0 Å². The van der Waals surface area contributed by atoms with E-state index >= 15 is 0 Å². The van der Waals surface area contributed by atoms with Crippen LogP contribution in [0.4, 0.5) is 0 Å². The first-order valence-corrected chi connectivity index (χ1v) is 8.93. The van der Waals surface area contributed by atoms with Gasteiger partial charge in [0.15, 0.2) is 0 Å². The molecule has 0 saturated carbocycles. The second-order valence-electron chi connectivity index (χ2n) is 6.97. The van der Waals surface area contributed by atoms with E-state index < -0.39 is 0 Å². The fourth-order valence-electron chi connectivity index (χ4n) is 3.53. The smallest absolute Gasteiger partial charge is 0.224 e. The Morgan fingerprint density at radius 3 is 2.72 bits per heavy atom. The van der Waals surface area contributed by atoms with Crippen molar-refractivity contribution in [2.45, 2.75) is 32.4 Å². The van der Waals surface area contributed by atoms with Crippen molar-refractivity contribution in [2.75, 3.05) is 13.1 Å². The van der Waals surface area contributed by atoms with Gasteiger partial charge in [-0.15, -0.1) is 0 Å². The Hall–Kier alpha value is -2.33. The van der Waals surface area contributed by atoms with Crippen LogP contribution in [0.3, 0.4) is 0 Å². The largest absolute Gasteiger partial charge is 0.508 e. The van der Waals surface area contributed by atoms with E-state index in [2.05, 4.69) is 41.4 Å². The van der Waals surface area contributed by atoms with E-state index in [1.807, 2.05) is 12.1 Å². The summed E-state index contributed by atoms with van der Waals surface area (Å²) in [7, 11) is 0. The Kier molecular flexibility index (Phi) is 5.71. The number of amides is 1. The third-order valence-corrected chi connectivity index (χ3v) is 4.93. The Morgan fingerprint density at radius 2 is 1.96 bits per heavy atom. The van der Waals surface area contributed by atoms with Crippen LogP contribution in [0.5, 0.6) is 5.75 Å². The molecule has 1 fully saturated rings. The number of hydrogen-bond acceptors (Lipinski definition) is 3. The summed E-state index contributed by atoms with van der Waals surface area (Å²) in [6, 6.07) is 17.6. The molecule has 1 saturated heterocycles. The van der Waals surface area contributed by atoms with Crippen molar-refractivity contribution in [3.63, 3.8) is 0 Å². The number of hydrogen-bond donors (Lipinski definition) is 2. The maximum absolute atomic E-state index is 12.3. The summed E-state index contributed by atoms with van der Waals surface area (Å²) in [5.74, 6) is 0.696. The lowest BCUT2D eigenvalue weighted by Gasteiger charge is -2.22. The van der Waals surface area contributed by atoms with E-state index in [1.165, 1.54) is 5.56 Å². The molecular formula is C21H26N2O2. The Morgan fingerprint density at radius 1 is 1.20 bits per heavy atom. The number of phenolic OH excluding ortho intramolecular Hbond substituents is 1. The highest BCUT2D eigenvalue weighted by atomic mass is 16.3. The number of carbonyl (C=O) groups excluding carboxylic acids is 1. The van der Waals surface area contributed by atoms with Gasteiger partial charge in [0.1, 0.15) is 5.75 Å². The van der Waals surface area contributed by atoms with Crippen molar-refractivity contribution in [1.29, 1.82) is 0 Å². The van der Waals surface area contributed by atoms with Crippen LogP contribution in [-0.2, 0) is 17.8 Å². The lowest BCUT2D eigenvalue weighted by Crippen LogP contribution is -2.40. The highest BCUT2D eigenvalue weighted by Crippen LogP contribution is 2.22. The zero-order valence-corrected chi connectivity index (χ0v) is 14.7. The van der Waals surface area contributed by atoms with E-state index in [0.717, 1.165) is 31.6 Å². The summed E-state index contributed by atoms with van der Waals surface area (Å²) in [6.07, 6.45) is 1.42. The van der Waals surface area contributed by atoms with E-state index in [0.29, 0.717) is 12.3 Å². The first-order valence-electron chi connectivity index (χ1n) is 8.93. The number of benzene rings is 2. The van der Waals surface area contributed by atoms with Gasteiger partial charge in [0.2, 0.25) is 5.91 Å². The number of aromatic hydroxyl groups is 1. The molecule has 2 aromatic carbocycles. The molecule has 2 aromatic rings. The standard InChI is InChI=1S/C21H26N2O2/c1-16(22-21(25)13-18-8-5-9-20(24)12-18)19-10-11-23(15-19)14-17-6-3-2-4-7-17/h2-9,12,16,19,24H,10-11,13-15H2,1H3,(H,22,25)/t16-,19-/m0/s1. The van der Waals surface area contributed by atoms with Crippen LogP contribution in [0.2, 0.25) is 0 Å². The minimum atomic E-state index is 0.0135. The summed E-state index contributed by atoms with van der Waals surface area (Å²) >= 11 is 0. The first-order chi connectivity index (χ1) is 12.1. The molecule has 0 unspecified atom stereocenters. The maximum Gasteiger partial charge on any atom is 0.224 e. The van der Waals surface area contributed by atoms with Gasteiger partial charge >= 0.3 is 0 Å². The predicted octanol–water partition coefficient (Wildman–Crippen LogP) is 2.96. The van der Waals surface area contributed by atoms with Crippen LogP contribution < -0.4 is 5.32 Å². The Bertz CT molecular complexity index is 702. The number of rotatable bonds is 6. The van der Waals surface area contributed by atoms with Gasteiger partial charge in [0, 0.05) is 19.1 Å². The summed E-state index contributed by atoms with van der Waals surface area (Å²) in [5, 5.41) is 12.6. The van der Waals surface area contributed by atoms with Crippen molar-refractivity contribution < 1.29 is 9.90 Å². The maximum atomic E-state index is 12.3. The average molecular weight is 338 g/mol. The molecule has 3 rings (SSSR count). The van der Waals surface area contributed by atoms with E-state index in [-0.39, 0.29) is 17.7 Å². The zero-order valence-electron chi connectivity index (χ0n) is 14.7. The number of nitrogens with zero attached hydrogens (tertiary/aromatic N) is 1. The van der Waals surface area contributed by atoms with Crippen LogP contribution >= 0.6 is 0 Å². The normalized spacial score (nSPS) is 18.8. The molecule has 2 atom stereocenters. The molecule has 4 nitrogen and oxygen atoms in total. The number of phenols is 1. The molecule has 0 aliphatic carbocycles. The SMILES string of the molecule is C[C@H](NC(=O)Cc1cccc(O)c1)[C@H]1CCN(Cc2ccccc2)C1. The minimum Gasteiger partial charge on any atom is -0.508 e. The fraction of sp³-hybridized carbons (Fsp3) is 0.381. The molecule has 0 aromatic heterocycles. The van der Waals surface area contributed by atoms with E-state index in [9.17, 15) is 9.90 Å². The van der Waals surface area contributed by atoms with Crippen LogP contribution in [0.1, 0.15) is 24.5 Å². The van der Waals surface area contributed by atoms with Gasteiger partial charge in [0.25, 0.3) is 0 Å². The fourth-order valence-corrected chi connectivity index (χ4v) is 3.53. The second kappa shape index (κ2) is 8.17. The van der Waals surface area contributed by atoms with Gasteiger partial charge in [-0.05, 0) is 49.1 Å². The zero-order chi connectivity index (χ0) is 17.6. The molecule has 132 valence electrons. The van der Waals surface area contributed by atoms with Crippen LogP contribution in [0.15, 0.2) is 54.6 Å². The molecule has 0 radical (unpaired) electrons. The molecule has 4 heteroatoms. The molecule has 25 heavy (non-hydrogen) atoms. The van der Waals surface area contributed by atoms with Gasteiger partial charge < -0.3 is 10.4 Å². The molecule has 0 bridgehead atoms. The van der Waals surface area contributed by atoms with E-state index in [1.54, 1.807) is 18.2 Å². The molecule has 2 N–H and O–H groups in total. The molecule has 0 spiro atoms. The van der Waals surface area contributed by atoms with Crippen molar-refractivity contribution in [3.8, 4) is 5.75 Å². The van der Waals surface area contributed by atoms with Crippen molar-refractivity contribution in [2.24, 2.45) is 5.92 Å². The van der Waals surface area contributed by atoms with Crippen molar-refractivity contribution >= 4 is 5.91 Å². The Balaban J connectivity index is 1.47. The summed E-state index contributed by atoms with van der Waals surface area (Å²) in [5.41, 5.74) is 2.17. The molecular weight excluding hydrogens is 312 g/mol. The topological polar surface area (TPSA) is 52.6 Å². The monoisotopic (exact) mass is 338 g/mol. The van der Waals surface area contributed by atoms with Crippen LogP contribution in [-0.4, -0.2) is 35.0 Å². The quantitative estimate of drug-likeness (QED) is 0.851. The van der Waals surface area contributed by atoms with Gasteiger partial charge in [-0.2, -0.15) is 0 Å². The second-order valence-corrected chi connectivity index (χ2v) is 6.97. The third kappa shape index (κ3) is 5.07. The lowest BCUT2D eigenvalue weighted by atomic mass is 10.00. The van der Waals surface area contributed by atoms with Gasteiger partial charge in [-0.3, -0.25) is 9.69 Å². The summed E-state index contributed by atoms with van der Waals surface area (Å²) in [4.78, 5) is 14.7. The van der Waals surface area contributed by atoms with Crippen molar-refractivity contribution in [3.05, 3.63) is 65.7 Å². The van der Waals surface area contributed by atoms with Gasteiger partial charge in [0.05, 0.1) is 6.42 Å². The highest BCUT2D eigenvalue weighted by Gasteiger charge is 2.27. The number of carbonyl (C=O) groups is 1. The number of nitrogens with one attached hydrogen (secondary N) is 1. The average Bonchev–Trinajstić information content (AvgIpc) is 3.04.